The summed E-state index contributed by atoms with van der Waals surface area (Å²) in [6, 6.07) is 2.65. The van der Waals surface area contributed by atoms with Crippen molar-refractivity contribution in [2.45, 2.75) is 31.3 Å². The maximum absolute atomic E-state index is 12.7. The van der Waals surface area contributed by atoms with Crippen LogP contribution in [0.1, 0.15) is 25.3 Å². The third-order valence-corrected chi connectivity index (χ3v) is 5.58. The lowest BCUT2D eigenvalue weighted by Gasteiger charge is -2.22. The molecule has 4 rings (SSSR count). The van der Waals surface area contributed by atoms with E-state index in [-0.39, 0.29) is 11.6 Å². The fourth-order valence-electron chi connectivity index (χ4n) is 3.61. The van der Waals surface area contributed by atoms with Crippen molar-refractivity contribution in [3.8, 4) is 0 Å². The van der Waals surface area contributed by atoms with Crippen molar-refractivity contribution in [3.63, 3.8) is 0 Å². The van der Waals surface area contributed by atoms with Gasteiger partial charge in [-0.15, -0.1) is 11.3 Å². The lowest BCUT2D eigenvalue weighted by atomic mass is 10.1. The molecule has 0 aliphatic carbocycles. The number of aromatic amines is 1. The van der Waals surface area contributed by atoms with Crippen LogP contribution >= 0.6 is 23.6 Å². The molecule has 1 N–H and O–H groups in total. The van der Waals surface area contributed by atoms with Crippen molar-refractivity contribution in [3.05, 3.63) is 26.6 Å². The molecule has 4 heterocycles. The third-order valence-electron chi connectivity index (χ3n) is 4.46. The third kappa shape index (κ3) is 1.67. The van der Waals surface area contributed by atoms with Crippen LogP contribution in [0.25, 0.3) is 10.2 Å². The zero-order valence-corrected chi connectivity index (χ0v) is 12.1. The number of nitrogens with zero attached hydrogens (tertiary/aromatic N) is 2. The molecular formula is C13H15N3OS2. The summed E-state index contributed by atoms with van der Waals surface area (Å²) in [7, 11) is 0. The highest BCUT2D eigenvalue weighted by Crippen LogP contribution is 2.35. The molecule has 19 heavy (non-hydrogen) atoms. The first-order valence-corrected chi connectivity index (χ1v) is 8.00. The molecule has 2 saturated heterocycles. The van der Waals surface area contributed by atoms with Gasteiger partial charge in [0.05, 0.1) is 11.4 Å². The molecular weight excluding hydrogens is 278 g/mol. The number of fused-ring (bicyclic) bond motifs is 2. The van der Waals surface area contributed by atoms with Crippen LogP contribution in [0.3, 0.4) is 0 Å². The lowest BCUT2D eigenvalue weighted by Crippen LogP contribution is -2.33. The summed E-state index contributed by atoms with van der Waals surface area (Å²) in [5.41, 5.74) is 0.0822. The highest BCUT2D eigenvalue weighted by Gasteiger charge is 2.39. The summed E-state index contributed by atoms with van der Waals surface area (Å²) >= 11 is 6.97. The smallest absolute Gasteiger partial charge is 0.263 e. The van der Waals surface area contributed by atoms with Gasteiger partial charge in [-0.2, -0.15) is 0 Å². The second-order valence-electron chi connectivity index (χ2n) is 5.37. The van der Waals surface area contributed by atoms with Crippen molar-refractivity contribution >= 4 is 33.8 Å². The summed E-state index contributed by atoms with van der Waals surface area (Å²) in [6.07, 6.45) is 3.47. The Hall–Kier alpha value is -0.980. The average molecular weight is 293 g/mol. The van der Waals surface area contributed by atoms with Gasteiger partial charge < -0.3 is 4.98 Å². The number of hydrogen-bond acceptors (Lipinski definition) is 4. The molecule has 6 heteroatoms. The number of thiophene rings is 1. The molecule has 2 fully saturated rings. The van der Waals surface area contributed by atoms with Crippen molar-refractivity contribution in [2.24, 2.45) is 0 Å². The average Bonchev–Trinajstić information content (AvgIpc) is 3.04. The Kier molecular flexibility index (Phi) is 2.65. The van der Waals surface area contributed by atoms with E-state index in [1.165, 1.54) is 19.4 Å². The van der Waals surface area contributed by atoms with Crippen LogP contribution in [0.15, 0.2) is 16.2 Å². The van der Waals surface area contributed by atoms with Gasteiger partial charge in [0.25, 0.3) is 5.56 Å². The zero-order valence-electron chi connectivity index (χ0n) is 10.5. The Balaban J connectivity index is 1.91. The van der Waals surface area contributed by atoms with Crippen LogP contribution in [-0.2, 0) is 0 Å². The molecule has 100 valence electrons. The molecule has 0 spiro atoms. The standard InChI is InChI=1S/C13H15N3OS2/c17-12-8-4-7-19-11(8)14-13(18)16(12)10-3-6-15-5-1-2-9(10)15/h4,7,9-10H,1-3,5-6H2,(H,14,18). The molecule has 0 bridgehead atoms. The Morgan fingerprint density at radius 1 is 1.32 bits per heavy atom. The summed E-state index contributed by atoms with van der Waals surface area (Å²) in [5, 5.41) is 2.72. The van der Waals surface area contributed by atoms with Gasteiger partial charge in [0.1, 0.15) is 4.83 Å². The first-order valence-electron chi connectivity index (χ1n) is 6.72. The van der Waals surface area contributed by atoms with Crippen molar-refractivity contribution in [1.29, 1.82) is 0 Å². The molecule has 0 aromatic carbocycles. The molecule has 2 aromatic heterocycles. The van der Waals surface area contributed by atoms with E-state index in [4.69, 9.17) is 12.2 Å². The maximum atomic E-state index is 12.7. The van der Waals surface area contributed by atoms with Gasteiger partial charge in [-0.05, 0) is 49.5 Å². The summed E-state index contributed by atoms with van der Waals surface area (Å²) < 4.78 is 2.42. The van der Waals surface area contributed by atoms with Crippen LogP contribution < -0.4 is 5.56 Å². The van der Waals surface area contributed by atoms with Gasteiger partial charge >= 0.3 is 0 Å². The van der Waals surface area contributed by atoms with E-state index in [0.29, 0.717) is 10.8 Å². The highest BCUT2D eigenvalue weighted by molar-refractivity contribution is 7.71. The molecule has 0 radical (unpaired) electrons. The molecule has 2 unspecified atom stereocenters. The highest BCUT2D eigenvalue weighted by atomic mass is 32.1. The van der Waals surface area contributed by atoms with E-state index in [1.54, 1.807) is 11.3 Å². The van der Waals surface area contributed by atoms with E-state index < -0.39 is 0 Å². The van der Waals surface area contributed by atoms with E-state index in [0.717, 1.165) is 23.2 Å². The first kappa shape index (κ1) is 11.8. The Bertz CT molecular complexity index is 744. The molecule has 2 aliphatic heterocycles. The predicted molar refractivity (Wildman–Crippen MR) is 79.5 cm³/mol. The Morgan fingerprint density at radius 3 is 3.11 bits per heavy atom. The molecule has 2 aromatic rings. The number of rotatable bonds is 1. The fourth-order valence-corrected chi connectivity index (χ4v) is 4.78. The minimum atomic E-state index is 0.0822. The summed E-state index contributed by atoms with van der Waals surface area (Å²) in [6.45, 7) is 2.27. The van der Waals surface area contributed by atoms with E-state index >= 15 is 0 Å². The lowest BCUT2D eigenvalue weighted by molar-refractivity contribution is 0.286. The monoisotopic (exact) mass is 293 g/mol. The van der Waals surface area contributed by atoms with Gasteiger partial charge in [0.15, 0.2) is 4.77 Å². The van der Waals surface area contributed by atoms with Gasteiger partial charge in [-0.25, -0.2) is 0 Å². The Labute approximate surface area is 119 Å². The van der Waals surface area contributed by atoms with E-state index in [2.05, 4.69) is 9.88 Å². The number of aromatic nitrogens is 2. The molecule has 0 amide bonds. The van der Waals surface area contributed by atoms with Gasteiger partial charge in [0, 0.05) is 12.6 Å². The SMILES string of the molecule is O=c1c2ccsc2[nH]c(=S)n1C1CCN2CCCC12. The normalized spacial score (nSPS) is 27.2. The topological polar surface area (TPSA) is 41.0 Å². The van der Waals surface area contributed by atoms with Gasteiger partial charge in [0.2, 0.25) is 0 Å². The van der Waals surface area contributed by atoms with Crippen LogP contribution in [0.2, 0.25) is 0 Å². The second-order valence-corrected chi connectivity index (χ2v) is 6.67. The minimum Gasteiger partial charge on any atom is -0.323 e. The van der Waals surface area contributed by atoms with E-state index in [9.17, 15) is 4.79 Å². The van der Waals surface area contributed by atoms with Crippen molar-refractivity contribution < 1.29 is 0 Å². The molecule has 2 atom stereocenters. The second kappa shape index (κ2) is 4.26. The zero-order chi connectivity index (χ0) is 13.0. The van der Waals surface area contributed by atoms with Crippen molar-refractivity contribution in [1.82, 2.24) is 14.5 Å². The van der Waals surface area contributed by atoms with Crippen LogP contribution in [0.5, 0.6) is 0 Å². The number of nitrogens with one attached hydrogen (secondary N) is 1. The molecule has 4 nitrogen and oxygen atoms in total. The summed E-state index contributed by atoms with van der Waals surface area (Å²) in [5.74, 6) is 0. The quantitative estimate of drug-likeness (QED) is 0.822. The molecule has 2 aliphatic rings. The van der Waals surface area contributed by atoms with Gasteiger partial charge in [-0.3, -0.25) is 14.3 Å². The fraction of sp³-hybridized carbons (Fsp3) is 0.538. The Morgan fingerprint density at radius 2 is 2.21 bits per heavy atom. The summed E-state index contributed by atoms with van der Waals surface area (Å²) in [4.78, 5) is 19.3. The maximum Gasteiger partial charge on any atom is 0.263 e. The predicted octanol–water partition coefficient (Wildman–Crippen LogP) is 2.53. The van der Waals surface area contributed by atoms with Gasteiger partial charge in [-0.1, -0.05) is 0 Å². The van der Waals surface area contributed by atoms with Crippen LogP contribution in [-0.4, -0.2) is 33.6 Å². The van der Waals surface area contributed by atoms with Crippen LogP contribution in [0.4, 0.5) is 0 Å². The number of H-pyrrole nitrogens is 1. The first-order chi connectivity index (χ1) is 9.25. The minimum absolute atomic E-state index is 0.0822. The molecule has 0 saturated carbocycles. The number of hydrogen-bond donors (Lipinski definition) is 1. The largest absolute Gasteiger partial charge is 0.323 e. The van der Waals surface area contributed by atoms with E-state index in [1.807, 2.05) is 16.0 Å². The van der Waals surface area contributed by atoms with Crippen molar-refractivity contribution in [2.75, 3.05) is 13.1 Å². The van der Waals surface area contributed by atoms with Crippen LogP contribution in [0, 0.1) is 4.77 Å².